The largest absolute Gasteiger partial charge is 0.460 e. The lowest BCUT2D eigenvalue weighted by Crippen LogP contribution is -2.57. The van der Waals surface area contributed by atoms with Crippen LogP contribution >= 0.6 is 11.8 Å². The van der Waals surface area contributed by atoms with E-state index in [2.05, 4.69) is 10.2 Å². The normalized spacial score (nSPS) is 17.1. The number of aromatic amines is 1. The summed E-state index contributed by atoms with van der Waals surface area (Å²) in [6, 6.07) is 13.0. The van der Waals surface area contributed by atoms with Crippen LogP contribution in [0.5, 0.6) is 0 Å². The van der Waals surface area contributed by atoms with E-state index in [1.54, 1.807) is 27.6 Å². The number of carbonyl (C=O) groups excluding carboxylic acids is 2. The van der Waals surface area contributed by atoms with E-state index in [4.69, 9.17) is 4.42 Å². The number of benzene rings is 1. The first kappa shape index (κ1) is 19.3. The Labute approximate surface area is 173 Å². The molecule has 7 nitrogen and oxygen atoms in total. The van der Waals surface area contributed by atoms with Crippen molar-refractivity contribution in [2.24, 2.45) is 0 Å². The van der Waals surface area contributed by atoms with Gasteiger partial charge >= 0.3 is 0 Å². The van der Waals surface area contributed by atoms with Crippen molar-refractivity contribution in [3.63, 3.8) is 0 Å². The quantitative estimate of drug-likeness (QED) is 0.665. The number of hydrogen-bond acceptors (Lipinski definition) is 5. The first-order valence-electron chi connectivity index (χ1n) is 9.34. The van der Waals surface area contributed by atoms with E-state index in [9.17, 15) is 9.59 Å². The van der Waals surface area contributed by atoms with Gasteiger partial charge in [0.15, 0.2) is 11.5 Å². The average molecular weight is 410 g/mol. The number of nitrogens with zero attached hydrogens (tertiary/aromatic N) is 3. The molecule has 4 rings (SSSR count). The van der Waals surface area contributed by atoms with E-state index >= 15 is 0 Å². The maximum Gasteiger partial charge on any atom is 0.274 e. The Hall–Kier alpha value is -3.00. The summed E-state index contributed by atoms with van der Waals surface area (Å²) in [5, 5.41) is 6.97. The monoisotopic (exact) mass is 410 g/mol. The Balaban J connectivity index is 1.52. The standard InChI is InChI=1S/C21H22N4O3S/c1-13-11-24(12-20(26)25(13)17-6-4-5-7-19(17)29-3)21(27)16-10-15(22-23-16)18-9-8-14(2)28-18/h4-10,13H,11-12H2,1-3H3,(H,22,23)/t13-/m0/s1. The number of thioether (sulfide) groups is 1. The predicted octanol–water partition coefficient (Wildman–Crippen LogP) is 3.58. The second kappa shape index (κ2) is 7.79. The smallest absolute Gasteiger partial charge is 0.274 e. The van der Waals surface area contributed by atoms with Crippen LogP contribution in [0, 0.1) is 6.92 Å². The van der Waals surface area contributed by atoms with Crippen LogP contribution in [0.1, 0.15) is 23.2 Å². The minimum atomic E-state index is -0.270. The molecule has 3 heterocycles. The Kier molecular flexibility index (Phi) is 5.19. The van der Waals surface area contributed by atoms with Gasteiger partial charge in [-0.2, -0.15) is 5.10 Å². The van der Waals surface area contributed by atoms with Gasteiger partial charge in [-0.25, -0.2) is 0 Å². The van der Waals surface area contributed by atoms with Crippen LogP contribution in [0.25, 0.3) is 11.5 Å². The lowest BCUT2D eigenvalue weighted by molar-refractivity contribution is -0.121. The summed E-state index contributed by atoms with van der Waals surface area (Å²) in [4.78, 5) is 30.3. The molecule has 2 amide bonds. The Morgan fingerprint density at radius 2 is 2.07 bits per heavy atom. The summed E-state index contributed by atoms with van der Waals surface area (Å²) < 4.78 is 5.57. The second-order valence-corrected chi connectivity index (χ2v) is 7.90. The Morgan fingerprint density at radius 1 is 1.28 bits per heavy atom. The van der Waals surface area contributed by atoms with E-state index in [0.717, 1.165) is 16.3 Å². The van der Waals surface area contributed by atoms with Gasteiger partial charge in [0.05, 0.1) is 11.7 Å². The molecule has 3 aromatic rings. The van der Waals surface area contributed by atoms with Gasteiger partial charge in [-0.15, -0.1) is 11.8 Å². The fourth-order valence-corrected chi connectivity index (χ4v) is 4.19. The number of nitrogens with one attached hydrogen (secondary N) is 1. The lowest BCUT2D eigenvalue weighted by Gasteiger charge is -2.39. The summed E-state index contributed by atoms with van der Waals surface area (Å²) in [6.45, 7) is 4.27. The molecule has 1 N–H and O–H groups in total. The molecule has 1 atom stereocenters. The van der Waals surface area contributed by atoms with E-state index in [-0.39, 0.29) is 30.1 Å². The highest BCUT2D eigenvalue weighted by Crippen LogP contribution is 2.31. The molecule has 0 aliphatic carbocycles. The molecule has 0 radical (unpaired) electrons. The third kappa shape index (κ3) is 3.67. The van der Waals surface area contributed by atoms with Gasteiger partial charge in [0.25, 0.3) is 5.91 Å². The highest BCUT2D eigenvalue weighted by molar-refractivity contribution is 7.98. The number of aryl methyl sites for hydroxylation is 1. The highest BCUT2D eigenvalue weighted by atomic mass is 32.2. The van der Waals surface area contributed by atoms with Crippen LogP contribution in [0.15, 0.2) is 51.8 Å². The van der Waals surface area contributed by atoms with E-state index < -0.39 is 0 Å². The van der Waals surface area contributed by atoms with Crippen molar-refractivity contribution in [2.45, 2.75) is 24.8 Å². The Morgan fingerprint density at radius 3 is 2.76 bits per heavy atom. The molecule has 29 heavy (non-hydrogen) atoms. The molecule has 1 saturated heterocycles. The summed E-state index contributed by atoms with van der Waals surface area (Å²) in [6.07, 6.45) is 1.99. The molecule has 2 aromatic heterocycles. The minimum Gasteiger partial charge on any atom is -0.460 e. The molecule has 8 heteroatoms. The number of rotatable bonds is 4. The maximum absolute atomic E-state index is 12.9. The number of carbonyl (C=O) groups is 2. The molecule has 0 spiro atoms. The molecule has 0 saturated carbocycles. The molecule has 0 unspecified atom stereocenters. The number of para-hydroxylation sites is 1. The first-order chi connectivity index (χ1) is 14.0. The number of H-pyrrole nitrogens is 1. The van der Waals surface area contributed by atoms with Crippen LogP contribution in [-0.4, -0.2) is 52.3 Å². The molecule has 1 fully saturated rings. The topological polar surface area (TPSA) is 82.4 Å². The predicted molar refractivity (Wildman–Crippen MR) is 112 cm³/mol. The molecule has 0 bridgehead atoms. The fourth-order valence-electron chi connectivity index (χ4n) is 3.60. The Bertz CT molecular complexity index is 1060. The van der Waals surface area contributed by atoms with Crippen LogP contribution < -0.4 is 4.90 Å². The molecular formula is C21H22N4O3S. The van der Waals surface area contributed by atoms with Crippen molar-refractivity contribution in [1.82, 2.24) is 15.1 Å². The van der Waals surface area contributed by atoms with Crippen molar-refractivity contribution in [3.8, 4) is 11.5 Å². The van der Waals surface area contributed by atoms with Crippen molar-refractivity contribution in [2.75, 3.05) is 24.2 Å². The number of piperazine rings is 1. The average Bonchev–Trinajstić information content (AvgIpc) is 3.36. The summed E-state index contributed by atoms with van der Waals surface area (Å²) in [5.41, 5.74) is 1.79. The summed E-state index contributed by atoms with van der Waals surface area (Å²) in [5.74, 6) is 1.03. The van der Waals surface area contributed by atoms with Gasteiger partial charge in [-0.3, -0.25) is 14.7 Å². The number of anilines is 1. The van der Waals surface area contributed by atoms with Crippen molar-refractivity contribution < 1.29 is 14.0 Å². The zero-order valence-corrected chi connectivity index (χ0v) is 17.3. The van der Waals surface area contributed by atoms with Crippen LogP contribution in [0.2, 0.25) is 0 Å². The van der Waals surface area contributed by atoms with E-state index in [0.29, 0.717) is 18.0 Å². The van der Waals surface area contributed by atoms with Crippen LogP contribution in [0.3, 0.4) is 0 Å². The zero-order chi connectivity index (χ0) is 20.5. The van der Waals surface area contributed by atoms with Gasteiger partial charge in [-0.05, 0) is 44.4 Å². The first-order valence-corrected chi connectivity index (χ1v) is 10.6. The summed E-state index contributed by atoms with van der Waals surface area (Å²) >= 11 is 1.60. The van der Waals surface area contributed by atoms with Crippen LogP contribution in [-0.2, 0) is 4.79 Å². The van der Waals surface area contributed by atoms with Crippen LogP contribution in [0.4, 0.5) is 5.69 Å². The van der Waals surface area contributed by atoms with Gasteiger partial charge in [0.2, 0.25) is 5.91 Å². The molecular weight excluding hydrogens is 388 g/mol. The SMILES string of the molecule is CSc1ccccc1N1C(=O)CN(C(=O)c2cc(-c3ccc(C)o3)[nH]n2)C[C@@H]1C. The van der Waals surface area contributed by atoms with Crippen molar-refractivity contribution >= 4 is 29.3 Å². The number of furan rings is 1. The summed E-state index contributed by atoms with van der Waals surface area (Å²) in [7, 11) is 0. The molecule has 1 aliphatic rings. The van der Waals surface area contributed by atoms with E-state index in [1.807, 2.05) is 56.5 Å². The maximum atomic E-state index is 12.9. The minimum absolute atomic E-state index is 0.0218. The third-order valence-corrected chi connectivity index (χ3v) is 5.74. The zero-order valence-electron chi connectivity index (χ0n) is 16.5. The molecule has 1 aromatic carbocycles. The van der Waals surface area contributed by atoms with Crippen molar-refractivity contribution in [1.29, 1.82) is 0 Å². The van der Waals surface area contributed by atoms with Gasteiger partial charge in [-0.1, -0.05) is 12.1 Å². The number of amides is 2. The highest BCUT2D eigenvalue weighted by Gasteiger charge is 2.35. The molecule has 150 valence electrons. The van der Waals surface area contributed by atoms with E-state index in [1.165, 1.54) is 0 Å². The molecule has 1 aliphatic heterocycles. The van der Waals surface area contributed by atoms with Gasteiger partial charge in [0.1, 0.15) is 18.0 Å². The second-order valence-electron chi connectivity index (χ2n) is 7.05. The number of aromatic nitrogens is 2. The van der Waals surface area contributed by atoms with Gasteiger partial charge < -0.3 is 14.2 Å². The van der Waals surface area contributed by atoms with Gasteiger partial charge in [0, 0.05) is 17.5 Å². The number of hydrogen-bond donors (Lipinski definition) is 1. The van der Waals surface area contributed by atoms with Crippen molar-refractivity contribution in [3.05, 3.63) is 53.9 Å². The lowest BCUT2D eigenvalue weighted by atomic mass is 10.1. The fraction of sp³-hybridized carbons (Fsp3) is 0.286. The third-order valence-electron chi connectivity index (χ3n) is 4.95.